The van der Waals surface area contributed by atoms with E-state index >= 15 is 0 Å². The fraction of sp³-hybridized carbons (Fsp3) is 0.500. The van der Waals surface area contributed by atoms with Crippen molar-refractivity contribution in [2.45, 2.75) is 13.3 Å². The standard InChI is InChI=1S/C6H9NS.C2H7N/c7-4-3-6-2-1-5-8-6;1-2-3/h1-2,5H,3-4,7H2;2-3H2,1H3. The molecule has 0 bridgehead atoms. The van der Waals surface area contributed by atoms with E-state index in [4.69, 9.17) is 11.5 Å². The molecule has 0 unspecified atom stereocenters. The lowest BCUT2D eigenvalue weighted by Gasteiger charge is -1.86. The molecule has 0 saturated heterocycles. The van der Waals surface area contributed by atoms with Crippen molar-refractivity contribution in [3.63, 3.8) is 0 Å². The minimum atomic E-state index is 0.750. The quantitative estimate of drug-likeness (QED) is 0.704. The van der Waals surface area contributed by atoms with Gasteiger partial charge in [0.25, 0.3) is 0 Å². The van der Waals surface area contributed by atoms with Crippen molar-refractivity contribution in [1.29, 1.82) is 0 Å². The second-order valence-electron chi connectivity index (χ2n) is 2.03. The monoisotopic (exact) mass is 172 g/mol. The Hall–Kier alpha value is -0.380. The molecule has 0 amide bonds. The van der Waals surface area contributed by atoms with Gasteiger partial charge in [0.15, 0.2) is 0 Å². The Kier molecular flexibility index (Phi) is 7.46. The van der Waals surface area contributed by atoms with Crippen molar-refractivity contribution in [1.82, 2.24) is 0 Å². The lowest BCUT2D eigenvalue weighted by Crippen LogP contribution is -2.00. The third-order valence-corrected chi connectivity index (χ3v) is 1.91. The Morgan fingerprint density at radius 1 is 1.45 bits per heavy atom. The van der Waals surface area contributed by atoms with E-state index in [-0.39, 0.29) is 0 Å². The zero-order chi connectivity index (χ0) is 8.53. The molecule has 2 nitrogen and oxygen atoms in total. The zero-order valence-corrected chi connectivity index (χ0v) is 7.73. The number of nitrogens with two attached hydrogens (primary N) is 2. The first-order valence-corrected chi connectivity index (χ1v) is 4.65. The summed E-state index contributed by atoms with van der Waals surface area (Å²) in [6.45, 7) is 3.42. The van der Waals surface area contributed by atoms with Crippen LogP contribution in [0.2, 0.25) is 0 Å². The molecule has 64 valence electrons. The van der Waals surface area contributed by atoms with Crippen molar-refractivity contribution >= 4 is 11.3 Å². The largest absolute Gasteiger partial charge is 0.331 e. The van der Waals surface area contributed by atoms with Gasteiger partial charge >= 0.3 is 0 Å². The van der Waals surface area contributed by atoms with E-state index in [2.05, 4.69) is 17.5 Å². The highest BCUT2D eigenvalue weighted by Crippen LogP contribution is 2.07. The van der Waals surface area contributed by atoms with Crippen LogP contribution in [-0.2, 0) is 6.42 Å². The van der Waals surface area contributed by atoms with Crippen molar-refractivity contribution in [3.8, 4) is 0 Å². The molecular weight excluding hydrogens is 156 g/mol. The van der Waals surface area contributed by atoms with Gasteiger partial charge in [0.05, 0.1) is 0 Å². The van der Waals surface area contributed by atoms with Crippen molar-refractivity contribution < 1.29 is 0 Å². The first-order chi connectivity index (χ1) is 5.35. The van der Waals surface area contributed by atoms with Gasteiger partial charge in [-0.2, -0.15) is 0 Å². The van der Waals surface area contributed by atoms with Crippen LogP contribution >= 0.6 is 11.3 Å². The lowest BCUT2D eigenvalue weighted by molar-refractivity contribution is 0.989. The van der Waals surface area contributed by atoms with Crippen molar-refractivity contribution in [3.05, 3.63) is 22.4 Å². The van der Waals surface area contributed by atoms with Crippen LogP contribution in [0.15, 0.2) is 17.5 Å². The summed E-state index contributed by atoms with van der Waals surface area (Å²) in [6.07, 6.45) is 1.03. The number of thiophene rings is 1. The second kappa shape index (κ2) is 7.72. The van der Waals surface area contributed by atoms with Crippen LogP contribution in [0.3, 0.4) is 0 Å². The van der Waals surface area contributed by atoms with E-state index in [0.29, 0.717) is 0 Å². The van der Waals surface area contributed by atoms with Crippen LogP contribution in [0.25, 0.3) is 0 Å². The van der Waals surface area contributed by atoms with Crippen LogP contribution < -0.4 is 11.5 Å². The summed E-state index contributed by atoms with van der Waals surface area (Å²) in [7, 11) is 0. The third-order valence-electron chi connectivity index (χ3n) is 0.971. The predicted molar refractivity (Wildman–Crippen MR) is 51.8 cm³/mol. The van der Waals surface area contributed by atoms with Crippen molar-refractivity contribution in [2.24, 2.45) is 11.5 Å². The molecule has 0 aliphatic carbocycles. The Labute approximate surface area is 72.2 Å². The first-order valence-electron chi connectivity index (χ1n) is 3.77. The van der Waals surface area contributed by atoms with E-state index in [0.717, 1.165) is 19.5 Å². The minimum Gasteiger partial charge on any atom is -0.331 e. The smallest absolute Gasteiger partial charge is 0.00577 e. The van der Waals surface area contributed by atoms with Crippen LogP contribution in [0.4, 0.5) is 0 Å². The molecule has 1 aromatic heterocycles. The Morgan fingerprint density at radius 3 is 2.45 bits per heavy atom. The fourth-order valence-electron chi connectivity index (χ4n) is 0.597. The lowest BCUT2D eigenvalue weighted by atomic mass is 10.3. The molecular formula is C8H16N2S. The van der Waals surface area contributed by atoms with Crippen LogP contribution in [0.1, 0.15) is 11.8 Å². The molecule has 0 spiro atoms. The topological polar surface area (TPSA) is 52.0 Å². The maximum absolute atomic E-state index is 5.33. The maximum Gasteiger partial charge on any atom is 0.00577 e. The minimum absolute atomic E-state index is 0.750. The maximum atomic E-state index is 5.33. The van der Waals surface area contributed by atoms with Crippen LogP contribution in [0, 0.1) is 0 Å². The van der Waals surface area contributed by atoms with Gasteiger partial charge in [-0.05, 0) is 31.0 Å². The molecule has 0 atom stereocenters. The normalized spacial score (nSPS) is 8.64. The molecule has 0 aliphatic rings. The molecule has 11 heavy (non-hydrogen) atoms. The molecule has 1 rings (SSSR count). The number of rotatable bonds is 2. The molecule has 0 aliphatic heterocycles. The molecule has 0 fully saturated rings. The molecule has 0 saturated carbocycles. The van der Waals surface area contributed by atoms with Gasteiger partial charge in [0.2, 0.25) is 0 Å². The number of hydrogen-bond donors (Lipinski definition) is 2. The summed E-state index contributed by atoms with van der Waals surface area (Å²) in [5.41, 5.74) is 10.2. The van der Waals surface area contributed by atoms with E-state index in [1.165, 1.54) is 4.88 Å². The predicted octanol–water partition coefficient (Wildman–Crippen LogP) is 1.21. The average molecular weight is 172 g/mol. The molecule has 3 heteroatoms. The number of hydrogen-bond acceptors (Lipinski definition) is 3. The van der Waals surface area contributed by atoms with Gasteiger partial charge in [-0.1, -0.05) is 13.0 Å². The SMILES string of the molecule is CCN.NCCc1cccs1. The summed E-state index contributed by atoms with van der Waals surface area (Å²) in [5, 5.41) is 2.07. The van der Waals surface area contributed by atoms with Gasteiger partial charge in [-0.15, -0.1) is 11.3 Å². The Balaban J connectivity index is 0.000000292. The van der Waals surface area contributed by atoms with Crippen molar-refractivity contribution in [2.75, 3.05) is 13.1 Å². The average Bonchev–Trinajstić information content (AvgIpc) is 2.42. The van der Waals surface area contributed by atoms with Gasteiger partial charge in [0, 0.05) is 4.88 Å². The summed E-state index contributed by atoms with van der Waals surface area (Å²) >= 11 is 1.77. The van der Waals surface area contributed by atoms with Crippen LogP contribution in [-0.4, -0.2) is 13.1 Å². The second-order valence-corrected chi connectivity index (χ2v) is 3.06. The highest BCUT2D eigenvalue weighted by Gasteiger charge is 1.87. The van der Waals surface area contributed by atoms with Gasteiger partial charge in [-0.3, -0.25) is 0 Å². The molecule has 1 aromatic rings. The highest BCUT2D eigenvalue weighted by molar-refractivity contribution is 7.09. The van der Waals surface area contributed by atoms with Gasteiger partial charge < -0.3 is 11.5 Å². The van der Waals surface area contributed by atoms with Crippen LogP contribution in [0.5, 0.6) is 0 Å². The fourth-order valence-corrected chi connectivity index (χ4v) is 1.32. The molecule has 0 radical (unpaired) electrons. The Morgan fingerprint density at radius 2 is 2.09 bits per heavy atom. The molecule has 0 aromatic carbocycles. The summed E-state index contributed by atoms with van der Waals surface area (Å²) in [5.74, 6) is 0. The Bertz CT molecular complexity index is 149. The summed E-state index contributed by atoms with van der Waals surface area (Å²) in [6, 6.07) is 4.16. The summed E-state index contributed by atoms with van der Waals surface area (Å²) in [4.78, 5) is 1.38. The van der Waals surface area contributed by atoms with E-state index < -0.39 is 0 Å². The van der Waals surface area contributed by atoms with Gasteiger partial charge in [-0.25, -0.2) is 0 Å². The van der Waals surface area contributed by atoms with E-state index in [9.17, 15) is 0 Å². The molecule has 1 heterocycles. The zero-order valence-electron chi connectivity index (χ0n) is 6.92. The molecule has 4 N–H and O–H groups in total. The third kappa shape index (κ3) is 6.04. The highest BCUT2D eigenvalue weighted by atomic mass is 32.1. The summed E-state index contributed by atoms with van der Waals surface area (Å²) < 4.78 is 0. The van der Waals surface area contributed by atoms with Gasteiger partial charge in [0.1, 0.15) is 0 Å². The first kappa shape index (κ1) is 10.6. The van der Waals surface area contributed by atoms with E-state index in [1.807, 2.05) is 6.92 Å². The van der Waals surface area contributed by atoms with E-state index in [1.54, 1.807) is 11.3 Å².